The Balaban J connectivity index is 1.57. The molecule has 0 aliphatic heterocycles. The lowest BCUT2D eigenvalue weighted by molar-refractivity contribution is -0.118. The number of carbonyl (C=O) groups excluding carboxylic acids is 1. The number of nitrogens with zero attached hydrogens (tertiary/aromatic N) is 3. The minimum Gasteiger partial charge on any atom is -0.291 e. The fourth-order valence-electron chi connectivity index (χ4n) is 2.64. The van der Waals surface area contributed by atoms with Gasteiger partial charge in [0.15, 0.2) is 5.13 Å². The molecule has 1 heterocycles. The average molecular weight is 422 g/mol. The predicted molar refractivity (Wildman–Crippen MR) is 108 cm³/mol. The Kier molecular flexibility index (Phi) is 6.07. The summed E-state index contributed by atoms with van der Waals surface area (Å²) in [5.74, 6) is -0.628. The topological polar surface area (TPSA) is 70.6 Å². The highest BCUT2D eigenvalue weighted by Crippen LogP contribution is 2.28. The van der Waals surface area contributed by atoms with Crippen molar-refractivity contribution in [3.8, 4) is 0 Å². The van der Waals surface area contributed by atoms with E-state index in [0.717, 1.165) is 22.3 Å². The average Bonchev–Trinajstić information content (AvgIpc) is 3.11. The molecule has 0 radical (unpaired) electrons. The molecule has 148 valence electrons. The second kappa shape index (κ2) is 8.34. The number of thiazole rings is 1. The van der Waals surface area contributed by atoms with E-state index in [1.807, 2.05) is 24.3 Å². The number of amides is 1. The maximum absolute atomic E-state index is 13.0. The Bertz CT molecular complexity index is 1050. The number of anilines is 1. The number of aromatic nitrogens is 1. The van der Waals surface area contributed by atoms with Crippen LogP contribution in [0.5, 0.6) is 0 Å². The molecule has 0 N–H and O–H groups in total. The summed E-state index contributed by atoms with van der Waals surface area (Å²) in [6, 6.07) is 12.3. The third kappa shape index (κ3) is 4.37. The number of para-hydroxylation sites is 1. The summed E-state index contributed by atoms with van der Waals surface area (Å²) in [6.07, 6.45) is 0.556. The van der Waals surface area contributed by atoms with Crippen LogP contribution in [-0.4, -0.2) is 44.3 Å². The fourth-order valence-corrected chi connectivity index (χ4v) is 4.79. The van der Waals surface area contributed by atoms with Crippen molar-refractivity contribution in [1.82, 2.24) is 9.29 Å². The van der Waals surface area contributed by atoms with Gasteiger partial charge in [-0.15, -0.1) is 0 Å². The number of benzene rings is 2. The van der Waals surface area contributed by atoms with E-state index in [2.05, 4.69) is 4.98 Å². The van der Waals surface area contributed by atoms with E-state index >= 15 is 0 Å². The third-order valence-corrected chi connectivity index (χ3v) is 7.31. The van der Waals surface area contributed by atoms with Crippen molar-refractivity contribution < 1.29 is 17.6 Å². The second-order valence-corrected chi connectivity index (χ2v) is 9.35. The van der Waals surface area contributed by atoms with Crippen LogP contribution >= 0.6 is 11.3 Å². The first-order chi connectivity index (χ1) is 13.3. The molecule has 0 aliphatic rings. The van der Waals surface area contributed by atoms with Gasteiger partial charge in [-0.3, -0.25) is 9.69 Å². The van der Waals surface area contributed by atoms with Crippen LogP contribution in [0.1, 0.15) is 12.8 Å². The predicted octanol–water partition coefficient (Wildman–Crippen LogP) is 3.50. The molecular weight excluding hydrogens is 401 g/mol. The molecule has 0 unspecified atom stereocenters. The van der Waals surface area contributed by atoms with Crippen molar-refractivity contribution in [3.05, 3.63) is 54.3 Å². The normalized spacial score (nSPS) is 11.9. The molecule has 6 nitrogen and oxygen atoms in total. The summed E-state index contributed by atoms with van der Waals surface area (Å²) in [5, 5.41) is 0.610. The molecule has 1 amide bonds. The maximum Gasteiger partial charge on any atom is 0.242 e. The lowest BCUT2D eigenvalue weighted by atomic mass is 10.3. The van der Waals surface area contributed by atoms with Gasteiger partial charge in [0.25, 0.3) is 0 Å². The molecule has 1 aromatic heterocycles. The summed E-state index contributed by atoms with van der Waals surface area (Å²) in [7, 11) is -0.601. The highest BCUT2D eigenvalue weighted by atomic mass is 32.2. The Morgan fingerprint density at radius 2 is 1.79 bits per heavy atom. The van der Waals surface area contributed by atoms with Crippen molar-refractivity contribution in [2.24, 2.45) is 0 Å². The van der Waals surface area contributed by atoms with Crippen LogP contribution < -0.4 is 4.90 Å². The standard InChI is InChI=1S/C19H20FN3O3S2/c1-22(28(25,26)15-11-9-14(20)10-12-15)13-5-8-18(24)23(2)19-21-16-6-3-4-7-17(16)27-19/h3-4,6-7,9-12H,5,8,13H2,1-2H3. The van der Waals surface area contributed by atoms with Gasteiger partial charge < -0.3 is 0 Å². The number of hydrogen-bond donors (Lipinski definition) is 0. The largest absolute Gasteiger partial charge is 0.291 e. The lowest BCUT2D eigenvalue weighted by Crippen LogP contribution is -2.30. The van der Waals surface area contributed by atoms with Crippen LogP contribution in [0.2, 0.25) is 0 Å². The summed E-state index contributed by atoms with van der Waals surface area (Å²) in [4.78, 5) is 18.4. The van der Waals surface area contributed by atoms with Gasteiger partial charge in [0.1, 0.15) is 5.82 Å². The van der Waals surface area contributed by atoms with Crippen molar-refractivity contribution in [3.63, 3.8) is 0 Å². The quantitative estimate of drug-likeness (QED) is 0.585. The molecule has 0 bridgehead atoms. The molecule has 0 aliphatic carbocycles. The molecule has 3 aromatic rings. The number of halogens is 1. The Morgan fingerprint density at radius 3 is 2.46 bits per heavy atom. The van der Waals surface area contributed by atoms with Gasteiger partial charge in [-0.2, -0.15) is 0 Å². The first-order valence-electron chi connectivity index (χ1n) is 8.63. The van der Waals surface area contributed by atoms with Gasteiger partial charge >= 0.3 is 0 Å². The van der Waals surface area contributed by atoms with E-state index < -0.39 is 15.8 Å². The fraction of sp³-hybridized carbons (Fsp3) is 0.263. The van der Waals surface area contributed by atoms with Crippen molar-refractivity contribution in [2.45, 2.75) is 17.7 Å². The van der Waals surface area contributed by atoms with Gasteiger partial charge in [0, 0.05) is 27.1 Å². The number of hydrogen-bond acceptors (Lipinski definition) is 5. The van der Waals surface area contributed by atoms with Crippen LogP contribution in [0.25, 0.3) is 10.2 Å². The van der Waals surface area contributed by atoms with E-state index in [-0.39, 0.29) is 23.8 Å². The summed E-state index contributed by atoms with van der Waals surface area (Å²) in [5.41, 5.74) is 0.840. The van der Waals surface area contributed by atoms with E-state index in [9.17, 15) is 17.6 Å². The zero-order valence-electron chi connectivity index (χ0n) is 15.5. The molecular formula is C19H20FN3O3S2. The first kappa shape index (κ1) is 20.4. The van der Waals surface area contributed by atoms with Gasteiger partial charge in [0.05, 0.1) is 15.1 Å². The molecule has 0 spiro atoms. The van der Waals surface area contributed by atoms with Crippen LogP contribution in [0.3, 0.4) is 0 Å². The van der Waals surface area contributed by atoms with Crippen LogP contribution in [-0.2, 0) is 14.8 Å². The zero-order valence-corrected chi connectivity index (χ0v) is 17.1. The highest BCUT2D eigenvalue weighted by molar-refractivity contribution is 7.89. The first-order valence-corrected chi connectivity index (χ1v) is 10.9. The summed E-state index contributed by atoms with van der Waals surface area (Å²) < 4.78 is 40.1. The molecule has 0 atom stereocenters. The van der Waals surface area contributed by atoms with E-state index in [4.69, 9.17) is 0 Å². The van der Waals surface area contributed by atoms with Gasteiger partial charge in [-0.05, 0) is 42.8 Å². The lowest BCUT2D eigenvalue weighted by Gasteiger charge is -2.18. The van der Waals surface area contributed by atoms with Gasteiger partial charge in [-0.25, -0.2) is 22.1 Å². The molecule has 0 saturated heterocycles. The van der Waals surface area contributed by atoms with Crippen molar-refractivity contribution in [1.29, 1.82) is 0 Å². The highest BCUT2D eigenvalue weighted by Gasteiger charge is 2.21. The molecule has 2 aromatic carbocycles. The minimum absolute atomic E-state index is 0.0225. The number of fused-ring (bicyclic) bond motifs is 1. The Morgan fingerprint density at radius 1 is 1.11 bits per heavy atom. The van der Waals surface area contributed by atoms with Crippen LogP contribution in [0.15, 0.2) is 53.4 Å². The molecule has 0 fully saturated rings. The number of sulfonamides is 1. The van der Waals surface area contributed by atoms with E-state index in [0.29, 0.717) is 11.6 Å². The van der Waals surface area contributed by atoms with Gasteiger partial charge in [-0.1, -0.05) is 23.5 Å². The van der Waals surface area contributed by atoms with Crippen molar-refractivity contribution in [2.75, 3.05) is 25.5 Å². The number of carbonyl (C=O) groups is 1. The van der Waals surface area contributed by atoms with Crippen molar-refractivity contribution >= 4 is 42.6 Å². The Labute approximate surface area is 167 Å². The van der Waals surface area contributed by atoms with E-state index in [1.54, 1.807) is 7.05 Å². The van der Waals surface area contributed by atoms with Crippen LogP contribution in [0.4, 0.5) is 9.52 Å². The smallest absolute Gasteiger partial charge is 0.242 e. The SMILES string of the molecule is CN(C(=O)CCCN(C)S(=O)(=O)c1ccc(F)cc1)c1nc2ccccc2s1. The molecule has 28 heavy (non-hydrogen) atoms. The third-order valence-electron chi connectivity index (χ3n) is 4.33. The number of rotatable bonds is 7. The Hall–Kier alpha value is -2.36. The minimum atomic E-state index is -3.71. The molecule has 9 heteroatoms. The summed E-state index contributed by atoms with van der Waals surface area (Å²) >= 11 is 1.43. The van der Waals surface area contributed by atoms with Gasteiger partial charge in [0.2, 0.25) is 15.9 Å². The maximum atomic E-state index is 13.0. The van der Waals surface area contributed by atoms with Crippen LogP contribution in [0, 0.1) is 5.82 Å². The van der Waals surface area contributed by atoms with E-state index in [1.165, 1.54) is 39.7 Å². The zero-order chi connectivity index (χ0) is 20.3. The molecule has 0 saturated carbocycles. The summed E-state index contributed by atoms with van der Waals surface area (Å²) in [6.45, 7) is 0.180. The molecule has 3 rings (SSSR count). The monoisotopic (exact) mass is 421 g/mol. The second-order valence-electron chi connectivity index (χ2n) is 6.30.